The average Bonchev–Trinajstić information content (AvgIpc) is 2.90. The second kappa shape index (κ2) is 4.27. The van der Waals surface area contributed by atoms with E-state index in [-0.39, 0.29) is 5.91 Å². The maximum atomic E-state index is 11.7. The van der Waals surface area contributed by atoms with Crippen LogP contribution in [0.2, 0.25) is 0 Å². The number of nitrogens with one attached hydrogen (secondary N) is 1. The number of hydrogen-bond acceptors (Lipinski definition) is 5. The van der Waals surface area contributed by atoms with Gasteiger partial charge in [0.25, 0.3) is 5.91 Å². The Kier molecular flexibility index (Phi) is 2.76. The van der Waals surface area contributed by atoms with Crippen molar-refractivity contribution in [1.82, 2.24) is 10.4 Å². The van der Waals surface area contributed by atoms with E-state index in [1.165, 1.54) is 24.2 Å². The predicted molar refractivity (Wildman–Crippen MR) is 67.2 cm³/mol. The zero-order valence-electron chi connectivity index (χ0n) is 9.61. The van der Waals surface area contributed by atoms with Crippen molar-refractivity contribution in [1.29, 1.82) is 0 Å². The van der Waals surface area contributed by atoms with Crippen molar-refractivity contribution in [2.45, 2.75) is 31.6 Å². The molecule has 1 aromatic heterocycles. The molecule has 1 saturated heterocycles. The van der Waals surface area contributed by atoms with E-state index in [0.717, 1.165) is 36.8 Å². The highest BCUT2D eigenvalue weighted by molar-refractivity contribution is 7.17. The number of carbonyl (C=O) groups excluding carboxylic acids is 1. The number of thiazole rings is 1. The minimum Gasteiger partial charge on any atom is -0.348 e. The van der Waals surface area contributed by atoms with Crippen LogP contribution in [0.1, 0.15) is 47.0 Å². The highest BCUT2D eigenvalue weighted by atomic mass is 32.1. The van der Waals surface area contributed by atoms with Gasteiger partial charge in [0.05, 0.1) is 5.69 Å². The zero-order valence-corrected chi connectivity index (χ0v) is 10.4. The quantitative estimate of drug-likeness (QED) is 0.482. The van der Waals surface area contributed by atoms with Crippen LogP contribution in [0.5, 0.6) is 0 Å². The van der Waals surface area contributed by atoms with E-state index in [9.17, 15) is 4.79 Å². The normalized spacial score (nSPS) is 19.7. The molecule has 0 bridgehead atoms. The standard InChI is InChI=1S/C11H16N4OS/c12-14-10(16)9-8(7-3-4-7)13-11(17-9)15-5-1-2-6-15/h7H,1-6,12H2,(H,14,16). The molecule has 1 amide bonds. The van der Waals surface area contributed by atoms with E-state index in [2.05, 4.69) is 15.3 Å². The van der Waals surface area contributed by atoms with Crippen molar-refractivity contribution in [3.63, 3.8) is 0 Å². The van der Waals surface area contributed by atoms with Gasteiger partial charge in [0.1, 0.15) is 4.88 Å². The van der Waals surface area contributed by atoms with E-state index < -0.39 is 0 Å². The summed E-state index contributed by atoms with van der Waals surface area (Å²) in [6.07, 6.45) is 4.73. The number of carbonyl (C=O) groups is 1. The molecule has 0 radical (unpaired) electrons. The Labute approximate surface area is 104 Å². The summed E-state index contributed by atoms with van der Waals surface area (Å²) < 4.78 is 0. The topological polar surface area (TPSA) is 71.2 Å². The molecule has 1 aromatic rings. The van der Waals surface area contributed by atoms with Gasteiger partial charge < -0.3 is 4.90 Å². The third-order valence-corrected chi connectivity index (χ3v) is 4.45. The highest BCUT2D eigenvalue weighted by Gasteiger charge is 2.33. The monoisotopic (exact) mass is 252 g/mol. The fourth-order valence-electron chi connectivity index (χ4n) is 2.23. The summed E-state index contributed by atoms with van der Waals surface area (Å²) in [6, 6.07) is 0. The number of amides is 1. The maximum Gasteiger partial charge on any atom is 0.277 e. The van der Waals surface area contributed by atoms with Crippen molar-refractivity contribution in [3.05, 3.63) is 10.6 Å². The summed E-state index contributed by atoms with van der Waals surface area (Å²) >= 11 is 1.48. The van der Waals surface area contributed by atoms with E-state index >= 15 is 0 Å². The Morgan fingerprint density at radius 1 is 1.41 bits per heavy atom. The van der Waals surface area contributed by atoms with Crippen molar-refractivity contribution in [2.75, 3.05) is 18.0 Å². The second-order valence-electron chi connectivity index (χ2n) is 4.65. The van der Waals surface area contributed by atoms with Gasteiger partial charge in [0.15, 0.2) is 5.13 Å². The van der Waals surface area contributed by atoms with E-state index in [4.69, 9.17) is 5.84 Å². The van der Waals surface area contributed by atoms with Gasteiger partial charge in [-0.1, -0.05) is 11.3 Å². The zero-order chi connectivity index (χ0) is 11.8. The van der Waals surface area contributed by atoms with Crippen LogP contribution in [0, 0.1) is 0 Å². The molecule has 0 atom stereocenters. The number of nitrogen functional groups attached to an aromatic ring is 1. The molecule has 5 nitrogen and oxygen atoms in total. The third-order valence-electron chi connectivity index (χ3n) is 3.32. The summed E-state index contributed by atoms with van der Waals surface area (Å²) in [7, 11) is 0. The first-order valence-corrected chi connectivity index (χ1v) is 6.88. The van der Waals surface area contributed by atoms with Crippen LogP contribution in [-0.4, -0.2) is 24.0 Å². The molecule has 1 aliphatic carbocycles. The minimum atomic E-state index is -0.199. The number of hydrazine groups is 1. The molecule has 0 aromatic carbocycles. The lowest BCUT2D eigenvalue weighted by Gasteiger charge is -2.12. The van der Waals surface area contributed by atoms with Crippen LogP contribution in [0.3, 0.4) is 0 Å². The lowest BCUT2D eigenvalue weighted by molar-refractivity contribution is 0.0956. The first-order chi connectivity index (χ1) is 8.29. The Morgan fingerprint density at radius 2 is 2.12 bits per heavy atom. The van der Waals surface area contributed by atoms with Gasteiger partial charge in [0, 0.05) is 19.0 Å². The number of aromatic nitrogens is 1. The molecule has 92 valence electrons. The second-order valence-corrected chi connectivity index (χ2v) is 5.63. The van der Waals surface area contributed by atoms with E-state index in [1.54, 1.807) is 0 Å². The Balaban J connectivity index is 1.92. The molecule has 3 rings (SSSR count). The molecule has 17 heavy (non-hydrogen) atoms. The molecule has 1 saturated carbocycles. The molecule has 2 fully saturated rings. The molecular weight excluding hydrogens is 236 g/mol. The average molecular weight is 252 g/mol. The van der Waals surface area contributed by atoms with Crippen LogP contribution in [0.25, 0.3) is 0 Å². The summed E-state index contributed by atoms with van der Waals surface area (Å²) in [5.41, 5.74) is 3.18. The Hall–Kier alpha value is -1.14. The Morgan fingerprint density at radius 3 is 2.71 bits per heavy atom. The van der Waals surface area contributed by atoms with Crippen LogP contribution in [0.15, 0.2) is 0 Å². The van der Waals surface area contributed by atoms with Gasteiger partial charge in [-0.3, -0.25) is 10.2 Å². The lowest BCUT2D eigenvalue weighted by Crippen LogP contribution is -2.30. The number of hydrogen-bond donors (Lipinski definition) is 2. The van der Waals surface area contributed by atoms with Gasteiger partial charge in [-0.15, -0.1) is 0 Å². The minimum absolute atomic E-state index is 0.199. The number of anilines is 1. The van der Waals surface area contributed by atoms with Crippen LogP contribution >= 0.6 is 11.3 Å². The highest BCUT2D eigenvalue weighted by Crippen LogP contribution is 2.44. The molecule has 1 aliphatic heterocycles. The number of rotatable bonds is 3. The van der Waals surface area contributed by atoms with Crippen LogP contribution < -0.4 is 16.2 Å². The van der Waals surface area contributed by atoms with E-state index in [0.29, 0.717) is 10.8 Å². The van der Waals surface area contributed by atoms with E-state index in [1.807, 2.05) is 0 Å². The fourth-order valence-corrected chi connectivity index (χ4v) is 3.33. The van der Waals surface area contributed by atoms with Gasteiger partial charge in [-0.05, 0) is 25.7 Å². The van der Waals surface area contributed by atoms with Crippen molar-refractivity contribution in [2.24, 2.45) is 5.84 Å². The van der Waals surface area contributed by atoms with Crippen molar-refractivity contribution < 1.29 is 4.79 Å². The largest absolute Gasteiger partial charge is 0.348 e. The van der Waals surface area contributed by atoms with Crippen LogP contribution in [-0.2, 0) is 0 Å². The first-order valence-electron chi connectivity index (χ1n) is 6.06. The van der Waals surface area contributed by atoms with Gasteiger partial charge >= 0.3 is 0 Å². The molecule has 6 heteroatoms. The summed E-state index contributed by atoms with van der Waals surface area (Å²) in [6.45, 7) is 2.11. The molecule has 3 N–H and O–H groups in total. The van der Waals surface area contributed by atoms with Gasteiger partial charge in [-0.25, -0.2) is 10.8 Å². The Bertz CT molecular complexity index is 435. The first kappa shape index (κ1) is 11.0. The summed E-state index contributed by atoms with van der Waals surface area (Å²) in [4.78, 5) is 19.3. The smallest absolute Gasteiger partial charge is 0.277 e. The molecule has 0 unspecified atom stereocenters. The number of nitrogens with two attached hydrogens (primary N) is 1. The van der Waals surface area contributed by atoms with Gasteiger partial charge in [0.2, 0.25) is 0 Å². The van der Waals surface area contributed by atoms with Crippen molar-refractivity contribution >= 4 is 22.4 Å². The summed E-state index contributed by atoms with van der Waals surface area (Å²) in [5.74, 6) is 5.50. The molecule has 0 spiro atoms. The lowest BCUT2D eigenvalue weighted by atomic mass is 10.2. The fraction of sp³-hybridized carbons (Fsp3) is 0.636. The number of nitrogens with zero attached hydrogens (tertiary/aromatic N) is 2. The van der Waals surface area contributed by atoms with Gasteiger partial charge in [-0.2, -0.15) is 0 Å². The summed E-state index contributed by atoms with van der Waals surface area (Å²) in [5, 5.41) is 0.989. The van der Waals surface area contributed by atoms with Crippen LogP contribution in [0.4, 0.5) is 5.13 Å². The molecule has 2 aliphatic rings. The van der Waals surface area contributed by atoms with Crippen molar-refractivity contribution in [3.8, 4) is 0 Å². The SMILES string of the molecule is NNC(=O)c1sc(N2CCCC2)nc1C1CC1. The molecular formula is C11H16N4OS. The third kappa shape index (κ3) is 2.02. The molecule has 2 heterocycles. The maximum absolute atomic E-state index is 11.7. The predicted octanol–water partition coefficient (Wildman–Crippen LogP) is 1.22.